The van der Waals surface area contributed by atoms with Gasteiger partial charge < -0.3 is 19.5 Å². The van der Waals surface area contributed by atoms with Gasteiger partial charge in [0.25, 0.3) is 0 Å². The number of anilines is 1. The first-order valence-electron chi connectivity index (χ1n) is 12.5. The number of nitrogens with zero attached hydrogens (tertiary/aromatic N) is 1. The lowest BCUT2D eigenvalue weighted by molar-refractivity contribution is -0.111. The van der Waals surface area contributed by atoms with Crippen LogP contribution in [-0.4, -0.2) is 24.5 Å². The summed E-state index contributed by atoms with van der Waals surface area (Å²) >= 11 is 0. The molecule has 2 aliphatic heterocycles. The van der Waals surface area contributed by atoms with Gasteiger partial charge in [-0.3, -0.25) is 0 Å². The lowest BCUT2D eigenvalue weighted by Gasteiger charge is -2.48. The number of aromatic hydroxyl groups is 1. The van der Waals surface area contributed by atoms with Gasteiger partial charge >= 0.3 is 0 Å². The van der Waals surface area contributed by atoms with Gasteiger partial charge in [-0.1, -0.05) is 42.5 Å². The second-order valence-electron chi connectivity index (χ2n) is 10.1. The normalized spacial score (nSPS) is 24.5. The van der Waals surface area contributed by atoms with E-state index < -0.39 is 5.60 Å². The van der Waals surface area contributed by atoms with Crippen LogP contribution < -0.4 is 4.90 Å². The third kappa shape index (κ3) is 3.52. The third-order valence-electron chi connectivity index (χ3n) is 8.18. The van der Waals surface area contributed by atoms with E-state index in [4.69, 9.17) is 4.74 Å². The summed E-state index contributed by atoms with van der Waals surface area (Å²) < 4.78 is 6.80. The molecule has 2 heterocycles. The number of phenolic OH excluding ortho intramolecular Hbond substituents is 1. The van der Waals surface area contributed by atoms with Gasteiger partial charge in [0.1, 0.15) is 17.6 Å². The summed E-state index contributed by atoms with van der Waals surface area (Å²) in [6, 6.07) is 23.5. The number of aldehydes is 1. The van der Waals surface area contributed by atoms with Crippen LogP contribution in [0, 0.1) is 5.92 Å². The summed E-state index contributed by atoms with van der Waals surface area (Å²) in [6.07, 6.45) is 6.14. The number of benzene rings is 3. The van der Waals surface area contributed by atoms with E-state index in [0.29, 0.717) is 6.61 Å². The van der Waals surface area contributed by atoms with E-state index in [9.17, 15) is 9.90 Å². The van der Waals surface area contributed by atoms with Gasteiger partial charge in [-0.25, -0.2) is 0 Å². The molecule has 0 unspecified atom stereocenters. The molecule has 4 nitrogen and oxygen atoms in total. The van der Waals surface area contributed by atoms with Gasteiger partial charge in [-0.05, 0) is 84.2 Å². The molecule has 3 aromatic rings. The van der Waals surface area contributed by atoms with Gasteiger partial charge in [0, 0.05) is 30.6 Å². The summed E-state index contributed by atoms with van der Waals surface area (Å²) in [6.45, 7) is 2.36. The van der Waals surface area contributed by atoms with Crippen LogP contribution in [-0.2, 0) is 28.2 Å². The molecule has 3 aliphatic rings. The number of carbonyl (C=O) groups is 1. The van der Waals surface area contributed by atoms with E-state index in [1.165, 1.54) is 27.9 Å². The minimum Gasteiger partial charge on any atom is -0.508 e. The molecule has 4 heteroatoms. The molecule has 0 bridgehead atoms. The second-order valence-corrected chi connectivity index (χ2v) is 10.1. The van der Waals surface area contributed by atoms with Gasteiger partial charge in [-0.15, -0.1) is 0 Å². The number of rotatable bonds is 3. The molecule has 1 saturated heterocycles. The lowest BCUT2D eigenvalue weighted by Crippen LogP contribution is -2.43. The molecule has 1 N–H and O–H groups in total. The Balaban J connectivity index is 1.42. The first-order valence-corrected chi connectivity index (χ1v) is 12.5. The summed E-state index contributed by atoms with van der Waals surface area (Å²) in [5.74, 6) is 0.553. The Morgan fingerprint density at radius 1 is 0.971 bits per heavy atom. The van der Waals surface area contributed by atoms with E-state index in [2.05, 4.69) is 59.5 Å². The Bertz CT molecular complexity index is 1200. The van der Waals surface area contributed by atoms with E-state index in [-0.39, 0.29) is 17.6 Å². The van der Waals surface area contributed by atoms with E-state index >= 15 is 0 Å². The average Bonchev–Trinajstić information content (AvgIpc) is 2.89. The van der Waals surface area contributed by atoms with E-state index in [1.807, 2.05) is 12.1 Å². The van der Waals surface area contributed by atoms with Crippen LogP contribution in [0.4, 0.5) is 5.69 Å². The smallest absolute Gasteiger partial charge is 0.123 e. The van der Waals surface area contributed by atoms with Gasteiger partial charge in [0.15, 0.2) is 0 Å². The minimum absolute atomic E-state index is 0.0631. The summed E-state index contributed by atoms with van der Waals surface area (Å²) in [7, 11) is 0. The van der Waals surface area contributed by atoms with E-state index in [0.717, 1.165) is 57.0 Å². The number of fused-ring (bicyclic) bond motifs is 3. The average molecular weight is 454 g/mol. The number of piperidine rings is 1. The van der Waals surface area contributed by atoms with Crippen LogP contribution in [0.3, 0.4) is 0 Å². The summed E-state index contributed by atoms with van der Waals surface area (Å²) in [4.78, 5) is 13.5. The Labute approximate surface area is 201 Å². The fraction of sp³-hybridized carbons (Fsp3) is 0.367. The molecule has 0 saturated carbocycles. The molecule has 0 aromatic heterocycles. The van der Waals surface area contributed by atoms with Crippen LogP contribution in [0.2, 0.25) is 0 Å². The number of aryl methyl sites for hydroxylation is 1. The van der Waals surface area contributed by atoms with Crippen molar-refractivity contribution >= 4 is 12.0 Å². The molecule has 0 amide bonds. The van der Waals surface area contributed by atoms with E-state index in [1.54, 1.807) is 0 Å². The SMILES string of the molecule is O=CC1CCN(c2ccc([C@@H]3c4ccc(O)cc4CO[C@@]34CCCc3ccccc34)cc2)CC1. The van der Waals surface area contributed by atoms with Crippen molar-refractivity contribution in [2.24, 2.45) is 5.92 Å². The zero-order chi connectivity index (χ0) is 23.1. The van der Waals surface area contributed by atoms with Crippen LogP contribution in [0.15, 0.2) is 66.7 Å². The van der Waals surface area contributed by atoms with Crippen LogP contribution in [0.1, 0.15) is 59.4 Å². The quantitative estimate of drug-likeness (QED) is 0.517. The van der Waals surface area contributed by atoms with Crippen molar-refractivity contribution in [1.82, 2.24) is 0 Å². The molecule has 1 spiro atoms. The molecule has 1 fully saturated rings. The Morgan fingerprint density at radius 2 is 1.76 bits per heavy atom. The topological polar surface area (TPSA) is 49.8 Å². The molecule has 2 atom stereocenters. The van der Waals surface area contributed by atoms with Crippen LogP contribution in [0.5, 0.6) is 5.75 Å². The molecule has 6 rings (SSSR count). The number of hydrogen-bond donors (Lipinski definition) is 1. The molecule has 3 aromatic carbocycles. The molecular formula is C30H31NO3. The standard InChI is InChI=1S/C30H31NO3/c32-19-21-13-16-31(17-14-21)25-9-7-23(8-10-25)29-27-12-11-26(33)18-24(27)20-34-30(29)15-3-5-22-4-1-2-6-28(22)30/h1-2,4,6-12,18-19,21,29,33H,3,5,13-17,20H2/t29-,30-/m1/s1. The monoisotopic (exact) mass is 453 g/mol. The molecule has 0 radical (unpaired) electrons. The molecule has 174 valence electrons. The predicted molar refractivity (Wildman–Crippen MR) is 133 cm³/mol. The highest BCUT2D eigenvalue weighted by Gasteiger charge is 2.48. The Kier molecular flexibility index (Phi) is 5.41. The lowest BCUT2D eigenvalue weighted by atomic mass is 9.65. The largest absolute Gasteiger partial charge is 0.508 e. The van der Waals surface area contributed by atoms with Gasteiger partial charge in [0.2, 0.25) is 0 Å². The van der Waals surface area contributed by atoms with Gasteiger partial charge in [-0.2, -0.15) is 0 Å². The van der Waals surface area contributed by atoms with Crippen molar-refractivity contribution in [3.8, 4) is 5.75 Å². The van der Waals surface area contributed by atoms with Crippen molar-refractivity contribution in [2.75, 3.05) is 18.0 Å². The Hall–Kier alpha value is -3.11. The fourth-order valence-corrected chi connectivity index (χ4v) is 6.44. The highest BCUT2D eigenvalue weighted by Crippen LogP contribution is 2.55. The first kappa shape index (κ1) is 21.4. The maximum Gasteiger partial charge on any atom is 0.123 e. The fourth-order valence-electron chi connectivity index (χ4n) is 6.44. The summed E-state index contributed by atoms with van der Waals surface area (Å²) in [5, 5.41) is 10.1. The second kappa shape index (κ2) is 8.59. The molecular weight excluding hydrogens is 422 g/mol. The zero-order valence-corrected chi connectivity index (χ0v) is 19.5. The molecule has 1 aliphatic carbocycles. The molecule has 34 heavy (non-hydrogen) atoms. The highest BCUT2D eigenvalue weighted by molar-refractivity contribution is 5.57. The van der Waals surface area contributed by atoms with Crippen LogP contribution in [0.25, 0.3) is 0 Å². The number of hydrogen-bond acceptors (Lipinski definition) is 4. The maximum atomic E-state index is 11.1. The van der Waals surface area contributed by atoms with Crippen molar-refractivity contribution in [2.45, 2.75) is 50.2 Å². The first-order chi connectivity index (χ1) is 16.7. The number of ether oxygens (including phenoxy) is 1. The zero-order valence-electron chi connectivity index (χ0n) is 19.5. The maximum absolute atomic E-state index is 11.1. The third-order valence-corrected chi connectivity index (χ3v) is 8.18. The van der Waals surface area contributed by atoms with Gasteiger partial charge in [0.05, 0.1) is 6.61 Å². The van der Waals surface area contributed by atoms with Crippen LogP contribution >= 0.6 is 0 Å². The summed E-state index contributed by atoms with van der Waals surface area (Å²) in [5.41, 5.74) is 7.08. The van der Waals surface area contributed by atoms with Crippen molar-refractivity contribution in [3.63, 3.8) is 0 Å². The number of carbonyl (C=O) groups excluding carboxylic acids is 1. The Morgan fingerprint density at radius 3 is 2.56 bits per heavy atom. The number of phenols is 1. The van der Waals surface area contributed by atoms with Crippen molar-refractivity contribution < 1.29 is 14.6 Å². The van der Waals surface area contributed by atoms with Crippen molar-refractivity contribution in [1.29, 1.82) is 0 Å². The minimum atomic E-state index is -0.400. The van der Waals surface area contributed by atoms with Crippen molar-refractivity contribution in [3.05, 3.63) is 94.5 Å². The highest BCUT2D eigenvalue weighted by atomic mass is 16.5. The predicted octanol–water partition coefficient (Wildman–Crippen LogP) is 5.70.